The lowest BCUT2D eigenvalue weighted by Crippen LogP contribution is -2.47. The fourth-order valence-electron chi connectivity index (χ4n) is 1.17. The van der Waals surface area contributed by atoms with Crippen LogP contribution in [-0.2, 0) is 18.9 Å². The Bertz CT molecular complexity index is 263. The van der Waals surface area contributed by atoms with E-state index in [2.05, 4.69) is 0 Å². The van der Waals surface area contributed by atoms with Crippen molar-refractivity contribution >= 4 is 0 Å². The topological polar surface area (TPSA) is 77.4 Å². The fraction of sp³-hybridized carbons (Fsp3) is 0.500. The van der Waals surface area contributed by atoms with Gasteiger partial charge in [-0.2, -0.15) is 0 Å². The molecule has 78 valence electrons. The maximum absolute atomic E-state index is 9.10. The molecule has 0 saturated heterocycles. The summed E-state index contributed by atoms with van der Waals surface area (Å²) in [7, 11) is 0. The average molecular weight is 202 g/mol. The second kappa shape index (κ2) is 3.39. The minimum absolute atomic E-state index is 0.266. The van der Waals surface area contributed by atoms with Gasteiger partial charge in [0.15, 0.2) is 5.76 Å². The summed E-state index contributed by atoms with van der Waals surface area (Å²) < 4.78 is 20.3. The van der Waals surface area contributed by atoms with Crippen LogP contribution in [0.3, 0.4) is 0 Å². The van der Waals surface area contributed by atoms with E-state index in [9.17, 15) is 0 Å². The van der Waals surface area contributed by atoms with E-state index >= 15 is 0 Å². The van der Waals surface area contributed by atoms with Crippen LogP contribution in [0, 0.1) is 0 Å². The molecule has 0 saturated carbocycles. The van der Waals surface area contributed by atoms with Gasteiger partial charge in [0.05, 0.1) is 0 Å². The second-order valence-electron chi connectivity index (χ2n) is 2.81. The van der Waals surface area contributed by atoms with Gasteiger partial charge in [-0.05, 0) is 0 Å². The lowest BCUT2D eigenvalue weighted by Gasteiger charge is -2.29. The van der Waals surface area contributed by atoms with Gasteiger partial charge < -0.3 is 29.2 Å². The highest BCUT2D eigenvalue weighted by atomic mass is 16.8. The quantitative estimate of drug-likeness (QED) is 0.636. The standard InChI is InChI=1S/C8H10O6/c9-3-6-4-11-7(14-6)8(5-10)12-1-2-13-8/h1-2,4,7,9-10H,3,5H2. The van der Waals surface area contributed by atoms with Crippen LogP contribution in [0.1, 0.15) is 0 Å². The van der Waals surface area contributed by atoms with Crippen LogP contribution in [0.2, 0.25) is 0 Å². The van der Waals surface area contributed by atoms with Crippen molar-refractivity contribution in [3.05, 3.63) is 24.5 Å². The summed E-state index contributed by atoms with van der Waals surface area (Å²) in [5, 5.41) is 17.9. The molecule has 6 nitrogen and oxygen atoms in total. The van der Waals surface area contributed by atoms with Gasteiger partial charge in [0.1, 0.15) is 32.0 Å². The van der Waals surface area contributed by atoms with Crippen molar-refractivity contribution in [2.24, 2.45) is 0 Å². The maximum atomic E-state index is 9.10. The van der Waals surface area contributed by atoms with Crippen molar-refractivity contribution < 1.29 is 29.2 Å². The summed E-state index contributed by atoms with van der Waals surface area (Å²) >= 11 is 0. The minimum Gasteiger partial charge on any atom is -0.452 e. The summed E-state index contributed by atoms with van der Waals surface area (Å²) in [5.41, 5.74) is 0. The van der Waals surface area contributed by atoms with Crippen LogP contribution in [0.5, 0.6) is 0 Å². The first-order chi connectivity index (χ1) is 6.80. The van der Waals surface area contributed by atoms with Gasteiger partial charge in [0.25, 0.3) is 0 Å². The summed E-state index contributed by atoms with van der Waals surface area (Å²) in [6.45, 7) is -0.692. The van der Waals surface area contributed by atoms with Gasteiger partial charge in [-0.25, -0.2) is 0 Å². The Hall–Kier alpha value is -1.40. The number of aliphatic hydroxyl groups excluding tert-OH is 2. The summed E-state index contributed by atoms with van der Waals surface area (Å²) in [6, 6.07) is 0. The Morgan fingerprint density at radius 1 is 1.29 bits per heavy atom. The summed E-state index contributed by atoms with van der Waals surface area (Å²) in [6.07, 6.45) is 2.93. The van der Waals surface area contributed by atoms with Crippen LogP contribution in [-0.4, -0.2) is 35.5 Å². The van der Waals surface area contributed by atoms with Crippen molar-refractivity contribution in [1.29, 1.82) is 0 Å². The molecule has 14 heavy (non-hydrogen) atoms. The van der Waals surface area contributed by atoms with E-state index < -0.39 is 18.7 Å². The van der Waals surface area contributed by atoms with Crippen LogP contribution in [0.25, 0.3) is 0 Å². The lowest BCUT2D eigenvalue weighted by atomic mass is 10.3. The molecular weight excluding hydrogens is 192 g/mol. The zero-order valence-corrected chi connectivity index (χ0v) is 7.25. The molecular formula is C8H10O6. The Morgan fingerprint density at radius 2 is 2.00 bits per heavy atom. The number of aliphatic hydroxyl groups is 2. The van der Waals surface area contributed by atoms with Crippen molar-refractivity contribution in [1.82, 2.24) is 0 Å². The Labute approximate surface area is 79.9 Å². The molecule has 2 heterocycles. The number of rotatable bonds is 3. The molecule has 2 aliphatic rings. The van der Waals surface area contributed by atoms with E-state index in [0.717, 1.165) is 0 Å². The van der Waals surface area contributed by atoms with E-state index in [4.69, 9.17) is 29.2 Å². The first kappa shape index (κ1) is 9.17. The molecule has 0 spiro atoms. The molecule has 0 aromatic heterocycles. The normalized spacial score (nSPS) is 27.3. The first-order valence-corrected chi connectivity index (χ1v) is 4.04. The zero-order valence-electron chi connectivity index (χ0n) is 7.25. The lowest BCUT2D eigenvalue weighted by molar-refractivity contribution is -0.282. The zero-order chi connectivity index (χ0) is 10.0. The largest absolute Gasteiger partial charge is 0.452 e. The van der Waals surface area contributed by atoms with E-state index in [0.29, 0.717) is 0 Å². The third-order valence-electron chi connectivity index (χ3n) is 1.91. The van der Waals surface area contributed by atoms with Crippen LogP contribution < -0.4 is 0 Å². The predicted octanol–water partition coefficient (Wildman–Crippen LogP) is -0.600. The van der Waals surface area contributed by atoms with E-state index in [-0.39, 0.29) is 12.4 Å². The molecule has 0 aliphatic carbocycles. The Balaban J connectivity index is 2.02. The van der Waals surface area contributed by atoms with Gasteiger partial charge in [0, 0.05) is 0 Å². The van der Waals surface area contributed by atoms with Crippen LogP contribution in [0.4, 0.5) is 0 Å². The van der Waals surface area contributed by atoms with Gasteiger partial charge in [-0.15, -0.1) is 0 Å². The van der Waals surface area contributed by atoms with Gasteiger partial charge in [-0.3, -0.25) is 0 Å². The average Bonchev–Trinajstić information content (AvgIpc) is 2.87. The second-order valence-corrected chi connectivity index (χ2v) is 2.81. The molecule has 1 atom stereocenters. The highest BCUT2D eigenvalue weighted by molar-refractivity contribution is 4.98. The van der Waals surface area contributed by atoms with Crippen molar-refractivity contribution in [3.8, 4) is 0 Å². The molecule has 6 heteroatoms. The third-order valence-corrected chi connectivity index (χ3v) is 1.91. The van der Waals surface area contributed by atoms with Crippen LogP contribution in [0.15, 0.2) is 24.5 Å². The van der Waals surface area contributed by atoms with E-state index in [1.807, 2.05) is 0 Å². The smallest absolute Gasteiger partial charge is 0.349 e. The molecule has 2 N–H and O–H groups in total. The fourth-order valence-corrected chi connectivity index (χ4v) is 1.17. The highest BCUT2D eigenvalue weighted by Crippen LogP contribution is 2.31. The predicted molar refractivity (Wildman–Crippen MR) is 42.3 cm³/mol. The Morgan fingerprint density at radius 3 is 2.50 bits per heavy atom. The highest BCUT2D eigenvalue weighted by Gasteiger charge is 2.50. The SMILES string of the molecule is OCC1=COC(C2(CO)OC=CO2)O1. The summed E-state index contributed by atoms with van der Waals surface area (Å²) in [5.74, 6) is -1.10. The number of ether oxygens (including phenoxy) is 4. The number of hydrogen-bond acceptors (Lipinski definition) is 6. The van der Waals surface area contributed by atoms with Gasteiger partial charge in [0.2, 0.25) is 0 Å². The molecule has 0 radical (unpaired) electrons. The monoisotopic (exact) mass is 202 g/mol. The van der Waals surface area contributed by atoms with Crippen molar-refractivity contribution in [2.75, 3.05) is 13.2 Å². The molecule has 0 aromatic rings. The first-order valence-electron chi connectivity index (χ1n) is 4.04. The number of hydrogen-bond donors (Lipinski definition) is 2. The molecule has 2 aliphatic heterocycles. The third kappa shape index (κ3) is 1.28. The summed E-state index contributed by atoms with van der Waals surface area (Å²) in [4.78, 5) is 0. The molecule has 0 fully saturated rings. The maximum Gasteiger partial charge on any atom is 0.349 e. The van der Waals surface area contributed by atoms with Gasteiger partial charge >= 0.3 is 12.1 Å². The van der Waals surface area contributed by atoms with E-state index in [1.54, 1.807) is 0 Å². The molecule has 2 rings (SSSR count). The molecule has 0 bridgehead atoms. The molecule has 0 amide bonds. The van der Waals surface area contributed by atoms with E-state index in [1.165, 1.54) is 18.8 Å². The van der Waals surface area contributed by atoms with Crippen LogP contribution >= 0.6 is 0 Å². The Kier molecular flexibility index (Phi) is 2.22. The van der Waals surface area contributed by atoms with Crippen molar-refractivity contribution in [2.45, 2.75) is 12.1 Å². The molecule has 0 aromatic carbocycles. The van der Waals surface area contributed by atoms with Gasteiger partial charge in [-0.1, -0.05) is 0 Å². The minimum atomic E-state index is -1.37. The molecule has 1 unspecified atom stereocenters. The van der Waals surface area contributed by atoms with Crippen molar-refractivity contribution in [3.63, 3.8) is 0 Å².